The third-order valence-electron chi connectivity index (χ3n) is 6.02. The second-order valence-electron chi connectivity index (χ2n) is 8.58. The molecule has 0 aromatic carbocycles. The predicted molar refractivity (Wildman–Crippen MR) is 133 cm³/mol. The SMILES string of the molecule is C#CC(=CC=C(C)F)c1nc(C2CCN(CCC3=CC(=C)CC=C3)CC2)n(-c2ncccn2)n1. The quantitative estimate of drug-likeness (QED) is 0.435. The zero-order valence-electron chi connectivity index (χ0n) is 19.5. The van der Waals surface area contributed by atoms with Crippen LogP contribution in [-0.2, 0) is 0 Å². The van der Waals surface area contributed by atoms with Crippen molar-refractivity contribution in [2.24, 2.45) is 0 Å². The number of piperidine rings is 1. The van der Waals surface area contributed by atoms with Crippen LogP contribution in [-0.4, -0.2) is 49.3 Å². The predicted octanol–water partition coefficient (Wildman–Crippen LogP) is 4.96. The Kier molecular flexibility index (Phi) is 7.61. The Balaban J connectivity index is 1.51. The summed E-state index contributed by atoms with van der Waals surface area (Å²) in [5.74, 6) is 4.05. The average molecular weight is 457 g/mol. The molecule has 3 heterocycles. The Labute approximate surface area is 200 Å². The largest absolute Gasteiger partial charge is 0.303 e. The van der Waals surface area contributed by atoms with E-state index in [1.807, 2.05) is 0 Å². The summed E-state index contributed by atoms with van der Waals surface area (Å²) in [5, 5.41) is 4.61. The van der Waals surface area contributed by atoms with E-state index >= 15 is 0 Å². The highest BCUT2D eigenvalue weighted by molar-refractivity contribution is 5.75. The van der Waals surface area contributed by atoms with Gasteiger partial charge >= 0.3 is 0 Å². The molecule has 0 bridgehead atoms. The molecule has 1 aliphatic carbocycles. The summed E-state index contributed by atoms with van der Waals surface area (Å²) in [6.07, 6.45) is 22.3. The zero-order chi connectivity index (χ0) is 23.9. The molecule has 0 saturated carbocycles. The minimum Gasteiger partial charge on any atom is -0.303 e. The van der Waals surface area contributed by atoms with Crippen LogP contribution in [0.4, 0.5) is 4.39 Å². The first-order valence-electron chi connectivity index (χ1n) is 11.6. The highest BCUT2D eigenvalue weighted by Gasteiger charge is 2.27. The molecule has 2 aromatic rings. The molecule has 0 radical (unpaired) electrons. The average Bonchev–Trinajstić information content (AvgIpc) is 3.29. The zero-order valence-corrected chi connectivity index (χ0v) is 19.5. The number of halogens is 1. The van der Waals surface area contributed by atoms with Gasteiger partial charge in [0.05, 0.1) is 11.4 Å². The van der Waals surface area contributed by atoms with Gasteiger partial charge in [-0.05, 0) is 69.5 Å². The minimum atomic E-state index is -0.338. The van der Waals surface area contributed by atoms with E-state index in [-0.39, 0.29) is 11.7 Å². The Morgan fingerprint density at radius 2 is 2.03 bits per heavy atom. The first-order valence-corrected chi connectivity index (χ1v) is 11.6. The molecule has 1 fully saturated rings. The third kappa shape index (κ3) is 5.83. The lowest BCUT2D eigenvalue weighted by Crippen LogP contribution is -2.34. The first-order chi connectivity index (χ1) is 16.5. The number of likely N-dealkylation sites (tertiary alicyclic amines) is 1. The van der Waals surface area contributed by atoms with Gasteiger partial charge in [0.1, 0.15) is 5.82 Å². The van der Waals surface area contributed by atoms with Crippen molar-refractivity contribution in [3.05, 3.63) is 84.0 Å². The standard InChI is InChI=1S/C27H29FN6/c1-4-23(10-9-21(3)28)25-31-26(34(32-25)27-29-14-6-15-30-27)24-12-17-33(18-13-24)16-11-22-8-5-7-20(2)19-22/h1,5-6,8-10,14-15,19,24H,2,7,11-13,16-18H2,3H3. The van der Waals surface area contributed by atoms with E-state index in [2.05, 4.69) is 50.7 Å². The van der Waals surface area contributed by atoms with Crippen LogP contribution in [0, 0.1) is 12.3 Å². The molecule has 174 valence electrons. The molecular weight excluding hydrogens is 427 g/mol. The molecule has 1 saturated heterocycles. The number of terminal acetylenes is 1. The maximum absolute atomic E-state index is 13.3. The minimum absolute atomic E-state index is 0.201. The Morgan fingerprint density at radius 3 is 2.71 bits per heavy atom. The lowest BCUT2D eigenvalue weighted by molar-refractivity contribution is 0.210. The molecule has 0 spiro atoms. The van der Waals surface area contributed by atoms with E-state index in [1.54, 1.807) is 23.1 Å². The Hall–Kier alpha value is -3.63. The van der Waals surface area contributed by atoms with E-state index < -0.39 is 0 Å². The van der Waals surface area contributed by atoms with Gasteiger partial charge in [-0.3, -0.25) is 0 Å². The molecule has 0 atom stereocenters. The molecule has 4 rings (SSSR count). The van der Waals surface area contributed by atoms with Crippen molar-refractivity contribution in [2.45, 2.75) is 38.5 Å². The summed E-state index contributed by atoms with van der Waals surface area (Å²) in [6.45, 7) is 8.41. The monoisotopic (exact) mass is 456 g/mol. The van der Waals surface area contributed by atoms with Crippen LogP contribution in [0.15, 0.2) is 72.4 Å². The van der Waals surface area contributed by atoms with Crippen LogP contribution in [0.3, 0.4) is 0 Å². The molecule has 1 aliphatic heterocycles. The summed E-state index contributed by atoms with van der Waals surface area (Å²) >= 11 is 0. The van der Waals surface area contributed by atoms with E-state index in [0.717, 1.165) is 51.1 Å². The van der Waals surface area contributed by atoms with Gasteiger partial charge < -0.3 is 4.90 Å². The fourth-order valence-electron chi connectivity index (χ4n) is 4.22. The summed E-state index contributed by atoms with van der Waals surface area (Å²) in [7, 11) is 0. The van der Waals surface area contributed by atoms with Crippen molar-refractivity contribution in [2.75, 3.05) is 19.6 Å². The topological polar surface area (TPSA) is 59.7 Å². The number of hydrogen-bond acceptors (Lipinski definition) is 5. The maximum atomic E-state index is 13.3. The molecule has 6 nitrogen and oxygen atoms in total. The molecule has 2 aromatic heterocycles. The van der Waals surface area contributed by atoms with E-state index in [4.69, 9.17) is 11.4 Å². The Morgan fingerprint density at radius 1 is 1.26 bits per heavy atom. The van der Waals surface area contributed by atoms with Gasteiger partial charge in [-0.15, -0.1) is 11.5 Å². The maximum Gasteiger partial charge on any atom is 0.252 e. The van der Waals surface area contributed by atoms with Crippen LogP contribution in [0.1, 0.15) is 50.2 Å². The van der Waals surface area contributed by atoms with Crippen molar-refractivity contribution in [3.63, 3.8) is 0 Å². The lowest BCUT2D eigenvalue weighted by atomic mass is 9.95. The molecule has 34 heavy (non-hydrogen) atoms. The van der Waals surface area contributed by atoms with Crippen molar-refractivity contribution in [1.82, 2.24) is 29.6 Å². The molecule has 2 aliphatic rings. The van der Waals surface area contributed by atoms with Gasteiger partial charge in [0.2, 0.25) is 0 Å². The third-order valence-corrected chi connectivity index (χ3v) is 6.02. The van der Waals surface area contributed by atoms with Gasteiger partial charge in [0, 0.05) is 24.9 Å². The lowest BCUT2D eigenvalue weighted by Gasteiger charge is -2.31. The van der Waals surface area contributed by atoms with Crippen molar-refractivity contribution in [1.29, 1.82) is 0 Å². The fourth-order valence-corrected chi connectivity index (χ4v) is 4.22. The van der Waals surface area contributed by atoms with E-state index in [0.29, 0.717) is 17.3 Å². The van der Waals surface area contributed by atoms with Gasteiger partial charge in [-0.25, -0.2) is 19.3 Å². The van der Waals surface area contributed by atoms with Crippen LogP contribution in [0.25, 0.3) is 11.5 Å². The van der Waals surface area contributed by atoms with E-state index in [9.17, 15) is 4.39 Å². The highest BCUT2D eigenvalue weighted by atomic mass is 19.1. The van der Waals surface area contributed by atoms with Gasteiger partial charge in [-0.2, -0.15) is 4.68 Å². The smallest absolute Gasteiger partial charge is 0.252 e. The molecule has 0 N–H and O–H groups in total. The summed E-state index contributed by atoms with van der Waals surface area (Å²) in [6, 6.07) is 1.76. The number of allylic oxidation sites excluding steroid dienone is 8. The van der Waals surface area contributed by atoms with Crippen molar-refractivity contribution in [3.8, 4) is 18.3 Å². The molecule has 0 amide bonds. The summed E-state index contributed by atoms with van der Waals surface area (Å²) in [5.41, 5.74) is 2.93. The van der Waals surface area contributed by atoms with Gasteiger partial charge in [0.25, 0.3) is 5.95 Å². The summed E-state index contributed by atoms with van der Waals surface area (Å²) in [4.78, 5) is 16.0. The van der Waals surface area contributed by atoms with Crippen LogP contribution >= 0.6 is 0 Å². The fraction of sp³-hybridized carbons (Fsp3) is 0.333. The van der Waals surface area contributed by atoms with Crippen LogP contribution in [0.5, 0.6) is 0 Å². The molecule has 0 unspecified atom stereocenters. The first kappa shape index (κ1) is 23.5. The Bertz CT molecular complexity index is 1180. The number of aromatic nitrogens is 5. The van der Waals surface area contributed by atoms with Gasteiger partial charge in [-0.1, -0.05) is 36.3 Å². The normalized spacial score (nSPS) is 18.1. The van der Waals surface area contributed by atoms with E-state index in [1.165, 1.54) is 30.2 Å². The molecular formula is C27H29FN6. The van der Waals surface area contributed by atoms with Gasteiger partial charge in [0.15, 0.2) is 5.82 Å². The van der Waals surface area contributed by atoms with Crippen molar-refractivity contribution < 1.29 is 4.39 Å². The second kappa shape index (κ2) is 11.0. The molecule has 7 heteroatoms. The van der Waals surface area contributed by atoms with Crippen LogP contribution in [0.2, 0.25) is 0 Å². The number of hydrogen-bond donors (Lipinski definition) is 0. The summed E-state index contributed by atoms with van der Waals surface area (Å²) < 4.78 is 14.9. The van der Waals surface area contributed by atoms with Crippen LogP contribution < -0.4 is 0 Å². The highest BCUT2D eigenvalue weighted by Crippen LogP contribution is 2.29. The number of nitrogens with zero attached hydrogens (tertiary/aromatic N) is 6. The second-order valence-corrected chi connectivity index (χ2v) is 8.58. The number of rotatable bonds is 7. The van der Waals surface area contributed by atoms with Crippen molar-refractivity contribution >= 4 is 5.57 Å².